The highest BCUT2D eigenvalue weighted by molar-refractivity contribution is 5.97. The highest BCUT2D eigenvalue weighted by Gasteiger charge is 2.38. The molecule has 4 aliphatic heterocycles. The molecule has 0 saturated carbocycles. The molecule has 0 fully saturated rings. The van der Waals surface area contributed by atoms with Crippen molar-refractivity contribution >= 4 is 11.7 Å². The maximum Gasteiger partial charge on any atom is 0.322 e. The summed E-state index contributed by atoms with van der Waals surface area (Å²) in [6.07, 6.45) is 0. The third-order valence-corrected chi connectivity index (χ3v) is 4.98. The second-order valence-electron chi connectivity index (χ2n) is 6.94. The lowest BCUT2D eigenvalue weighted by Gasteiger charge is -2.37. The normalized spacial score (nSPS) is 19.1. The quantitative estimate of drug-likeness (QED) is 0.851. The van der Waals surface area contributed by atoms with E-state index in [1.165, 1.54) is 6.07 Å². The molecule has 1 atom stereocenters. The van der Waals surface area contributed by atoms with Crippen LogP contribution in [0.25, 0.3) is 0 Å². The van der Waals surface area contributed by atoms with Crippen LogP contribution in [0.2, 0.25) is 0 Å². The lowest BCUT2D eigenvalue weighted by Crippen LogP contribution is -2.50. The summed E-state index contributed by atoms with van der Waals surface area (Å²) in [4.78, 5) is 14.4. The third-order valence-electron chi connectivity index (χ3n) is 4.98. The van der Waals surface area contributed by atoms with Gasteiger partial charge in [-0.25, -0.2) is 4.79 Å². The molecule has 146 valence electrons. The fraction of sp³-hybridized carbons (Fsp3) is 0.316. The summed E-state index contributed by atoms with van der Waals surface area (Å²) in [5, 5.41) is 2.85. The Morgan fingerprint density at radius 3 is 2.36 bits per heavy atom. The van der Waals surface area contributed by atoms with E-state index in [0.717, 1.165) is 0 Å². The van der Waals surface area contributed by atoms with Gasteiger partial charge in [-0.15, -0.1) is 0 Å². The molecule has 0 spiro atoms. The average Bonchev–Trinajstić information content (AvgIpc) is 2.94. The van der Waals surface area contributed by atoms with E-state index in [0.29, 0.717) is 22.7 Å². The number of urea groups is 1. The van der Waals surface area contributed by atoms with Crippen molar-refractivity contribution in [2.75, 3.05) is 18.5 Å². The van der Waals surface area contributed by atoms with E-state index < -0.39 is 17.7 Å². The SMILES string of the molecule is CC(C)N1C(=O)NC(c2cc3c(F)c(F)c2OCO3)c2cc3c(cc21)OCO3. The van der Waals surface area contributed by atoms with Gasteiger partial charge in [0.25, 0.3) is 0 Å². The minimum atomic E-state index is -1.15. The topological polar surface area (TPSA) is 69.3 Å². The average molecular weight is 390 g/mol. The Bertz CT molecular complexity index is 1010. The van der Waals surface area contributed by atoms with E-state index >= 15 is 0 Å². The number of amides is 2. The standard InChI is InChI=1S/C19H16F2N2O5/c1-8(2)23-11-5-13-12(25-6-26-13)3-9(11)17(22-19(23)24)10-4-14-15(20)16(21)18(10)28-7-27-14/h3-5,8,17H,6-7H2,1-2H3,(H,22,24). The number of carbonyl (C=O) groups is 1. The predicted octanol–water partition coefficient (Wildman–Crippen LogP) is 3.45. The van der Waals surface area contributed by atoms with Crippen molar-refractivity contribution in [3.8, 4) is 23.0 Å². The Balaban J connectivity index is 1.73. The highest BCUT2D eigenvalue weighted by Crippen LogP contribution is 2.48. The van der Waals surface area contributed by atoms with Crippen molar-refractivity contribution in [1.29, 1.82) is 0 Å². The van der Waals surface area contributed by atoms with Gasteiger partial charge in [0, 0.05) is 23.2 Å². The largest absolute Gasteiger partial charge is 0.454 e. The Kier molecular flexibility index (Phi) is 3.55. The van der Waals surface area contributed by atoms with Gasteiger partial charge in [-0.2, -0.15) is 8.78 Å². The van der Waals surface area contributed by atoms with Crippen molar-refractivity contribution in [1.82, 2.24) is 5.32 Å². The summed E-state index contributed by atoms with van der Waals surface area (Å²) in [5.74, 6) is -1.78. The van der Waals surface area contributed by atoms with Crippen molar-refractivity contribution in [2.24, 2.45) is 0 Å². The fourth-order valence-electron chi connectivity index (χ4n) is 3.75. The number of hydrogen-bond donors (Lipinski definition) is 1. The number of benzene rings is 2. The number of anilines is 1. The molecule has 0 radical (unpaired) electrons. The number of nitrogens with zero attached hydrogens (tertiary/aromatic N) is 1. The fourth-order valence-corrected chi connectivity index (χ4v) is 3.75. The van der Waals surface area contributed by atoms with Crippen molar-refractivity contribution < 1.29 is 32.5 Å². The minimum absolute atomic E-state index is 0.0729. The molecule has 2 aromatic carbocycles. The molecular formula is C19H16F2N2O5. The summed E-state index contributed by atoms with van der Waals surface area (Å²) in [6, 6.07) is 3.52. The van der Waals surface area contributed by atoms with Crippen LogP contribution in [-0.2, 0) is 0 Å². The molecule has 1 N–H and O–H groups in total. The lowest BCUT2D eigenvalue weighted by molar-refractivity contribution is 0.122. The Morgan fingerprint density at radius 1 is 0.964 bits per heavy atom. The molecule has 7 nitrogen and oxygen atoms in total. The summed E-state index contributed by atoms with van der Waals surface area (Å²) in [7, 11) is 0. The van der Waals surface area contributed by atoms with Crippen LogP contribution in [0.15, 0.2) is 18.2 Å². The molecule has 28 heavy (non-hydrogen) atoms. The zero-order chi connectivity index (χ0) is 19.6. The molecule has 0 aromatic heterocycles. The molecule has 0 saturated heterocycles. The van der Waals surface area contributed by atoms with Crippen LogP contribution in [0.3, 0.4) is 0 Å². The van der Waals surface area contributed by atoms with Gasteiger partial charge < -0.3 is 24.3 Å². The smallest absolute Gasteiger partial charge is 0.322 e. The second-order valence-corrected chi connectivity index (χ2v) is 6.94. The zero-order valence-corrected chi connectivity index (χ0v) is 15.0. The molecule has 2 bridgehead atoms. The van der Waals surface area contributed by atoms with Crippen LogP contribution in [0, 0.1) is 11.6 Å². The summed E-state index contributed by atoms with van der Waals surface area (Å²) in [5.41, 5.74) is 1.52. The first-order valence-electron chi connectivity index (χ1n) is 8.76. The number of rotatable bonds is 2. The first-order valence-corrected chi connectivity index (χ1v) is 8.76. The van der Waals surface area contributed by atoms with Crippen molar-refractivity contribution in [3.05, 3.63) is 41.0 Å². The molecule has 4 heterocycles. The van der Waals surface area contributed by atoms with Gasteiger partial charge in [-0.05, 0) is 26.0 Å². The molecule has 1 unspecified atom stereocenters. The van der Waals surface area contributed by atoms with Gasteiger partial charge in [0.1, 0.15) is 0 Å². The number of ether oxygens (including phenoxy) is 4. The van der Waals surface area contributed by atoms with Crippen LogP contribution in [0.1, 0.15) is 31.0 Å². The van der Waals surface area contributed by atoms with Crippen molar-refractivity contribution in [2.45, 2.75) is 25.9 Å². The predicted molar refractivity (Wildman–Crippen MR) is 93.0 cm³/mol. The van der Waals surface area contributed by atoms with Gasteiger partial charge in [-0.1, -0.05) is 0 Å². The molecule has 4 aliphatic rings. The summed E-state index contributed by atoms with van der Waals surface area (Å²) < 4.78 is 49.8. The minimum Gasteiger partial charge on any atom is -0.454 e. The summed E-state index contributed by atoms with van der Waals surface area (Å²) >= 11 is 0. The Hall–Kier alpha value is -3.23. The number of nitrogens with one attached hydrogen (secondary N) is 1. The Morgan fingerprint density at radius 2 is 1.61 bits per heavy atom. The molecule has 6 rings (SSSR count). The maximum atomic E-state index is 14.5. The van der Waals surface area contributed by atoms with E-state index in [1.54, 1.807) is 17.0 Å². The van der Waals surface area contributed by atoms with E-state index in [4.69, 9.17) is 18.9 Å². The molecule has 0 aliphatic carbocycles. The van der Waals surface area contributed by atoms with Gasteiger partial charge in [0.15, 0.2) is 23.0 Å². The van der Waals surface area contributed by atoms with E-state index in [-0.39, 0.29) is 42.7 Å². The monoisotopic (exact) mass is 390 g/mol. The molecule has 9 heteroatoms. The molecule has 2 amide bonds. The second kappa shape index (κ2) is 5.88. The lowest BCUT2D eigenvalue weighted by atomic mass is 9.92. The summed E-state index contributed by atoms with van der Waals surface area (Å²) in [6.45, 7) is 3.50. The number of carbonyl (C=O) groups excluding carboxylic acids is 1. The van der Waals surface area contributed by atoms with Crippen LogP contribution in [-0.4, -0.2) is 25.7 Å². The van der Waals surface area contributed by atoms with E-state index in [9.17, 15) is 13.6 Å². The van der Waals surface area contributed by atoms with Gasteiger partial charge >= 0.3 is 6.03 Å². The number of halogens is 2. The molecule has 2 aromatic rings. The van der Waals surface area contributed by atoms with Gasteiger partial charge in [0.05, 0.1) is 11.7 Å². The van der Waals surface area contributed by atoms with E-state index in [2.05, 4.69) is 5.32 Å². The van der Waals surface area contributed by atoms with Crippen LogP contribution >= 0.6 is 0 Å². The number of fused-ring (bicyclic) bond motifs is 6. The highest BCUT2D eigenvalue weighted by atomic mass is 19.2. The third kappa shape index (κ3) is 2.28. The van der Waals surface area contributed by atoms with E-state index in [1.807, 2.05) is 13.8 Å². The first-order chi connectivity index (χ1) is 13.5. The first kappa shape index (κ1) is 16.9. The Labute approximate surface area is 158 Å². The van der Waals surface area contributed by atoms with Gasteiger partial charge in [0.2, 0.25) is 25.2 Å². The van der Waals surface area contributed by atoms with Crippen LogP contribution < -0.4 is 29.2 Å². The van der Waals surface area contributed by atoms with Crippen LogP contribution in [0.4, 0.5) is 19.3 Å². The van der Waals surface area contributed by atoms with Crippen LogP contribution in [0.5, 0.6) is 23.0 Å². The zero-order valence-electron chi connectivity index (χ0n) is 15.0. The maximum absolute atomic E-state index is 14.5. The molecular weight excluding hydrogens is 374 g/mol. The number of hydrogen-bond acceptors (Lipinski definition) is 5. The van der Waals surface area contributed by atoms with Gasteiger partial charge in [-0.3, -0.25) is 4.90 Å². The van der Waals surface area contributed by atoms with Crippen molar-refractivity contribution in [3.63, 3.8) is 0 Å².